The van der Waals surface area contributed by atoms with Crippen molar-refractivity contribution in [2.75, 3.05) is 7.11 Å². The number of nitrogens with one attached hydrogen (secondary N) is 1. The zero-order valence-electron chi connectivity index (χ0n) is 10.9. The summed E-state index contributed by atoms with van der Waals surface area (Å²) in [5.74, 6) is 6.41. The van der Waals surface area contributed by atoms with Crippen molar-refractivity contribution in [3.8, 4) is 5.75 Å². The molecule has 0 spiro atoms. The zero-order valence-corrected chi connectivity index (χ0v) is 11.7. The number of aromatic nitrogens is 2. The molecule has 0 radical (unpaired) electrons. The minimum atomic E-state index is -0.0893. The molecule has 6 heteroatoms. The van der Waals surface area contributed by atoms with Gasteiger partial charge in [-0.3, -0.25) is 16.0 Å². The van der Waals surface area contributed by atoms with E-state index in [0.29, 0.717) is 11.4 Å². The predicted octanol–water partition coefficient (Wildman–Crippen LogP) is 1.83. The Balaban J connectivity index is 2.25. The summed E-state index contributed by atoms with van der Waals surface area (Å²) in [4.78, 5) is 0. The third kappa shape index (κ3) is 3.26. The largest absolute Gasteiger partial charge is 0.496 e. The van der Waals surface area contributed by atoms with Crippen LogP contribution in [0.2, 0.25) is 5.02 Å². The number of aryl methyl sites for hydroxylation is 1. The Bertz CT molecular complexity index is 555. The number of hydrazine groups is 1. The van der Waals surface area contributed by atoms with Gasteiger partial charge in [0.2, 0.25) is 0 Å². The van der Waals surface area contributed by atoms with Crippen molar-refractivity contribution in [2.45, 2.75) is 12.5 Å². The maximum Gasteiger partial charge on any atom is 0.122 e. The molecule has 1 aromatic heterocycles. The van der Waals surface area contributed by atoms with Gasteiger partial charge in [-0.2, -0.15) is 5.10 Å². The van der Waals surface area contributed by atoms with Gasteiger partial charge in [0.05, 0.1) is 18.8 Å². The molecule has 0 fully saturated rings. The average molecular weight is 281 g/mol. The first-order valence-electron chi connectivity index (χ1n) is 5.92. The fraction of sp³-hybridized carbons (Fsp3) is 0.308. The van der Waals surface area contributed by atoms with Crippen molar-refractivity contribution in [3.63, 3.8) is 0 Å². The molecule has 0 amide bonds. The minimum absolute atomic E-state index is 0.0893. The van der Waals surface area contributed by atoms with E-state index in [4.69, 9.17) is 22.2 Å². The molecule has 0 aliphatic heterocycles. The van der Waals surface area contributed by atoms with E-state index in [1.807, 2.05) is 31.4 Å². The standard InChI is InChI=1S/C13H17ClN4O/c1-18-6-5-11(17-18)12(16-15)8-9-7-10(14)3-4-13(9)19-2/h3-7,12,16H,8,15H2,1-2H3. The van der Waals surface area contributed by atoms with E-state index < -0.39 is 0 Å². The first-order valence-corrected chi connectivity index (χ1v) is 6.30. The predicted molar refractivity (Wildman–Crippen MR) is 75.0 cm³/mol. The van der Waals surface area contributed by atoms with Gasteiger partial charge in [0.25, 0.3) is 0 Å². The van der Waals surface area contributed by atoms with Gasteiger partial charge in [-0.1, -0.05) is 11.6 Å². The van der Waals surface area contributed by atoms with E-state index in [2.05, 4.69) is 10.5 Å². The van der Waals surface area contributed by atoms with Gasteiger partial charge in [0.15, 0.2) is 0 Å². The van der Waals surface area contributed by atoms with E-state index in [1.165, 1.54) is 0 Å². The van der Waals surface area contributed by atoms with E-state index in [-0.39, 0.29) is 6.04 Å². The number of hydrogen-bond donors (Lipinski definition) is 2. The fourth-order valence-corrected chi connectivity index (χ4v) is 2.19. The molecule has 0 aliphatic rings. The van der Waals surface area contributed by atoms with Crippen molar-refractivity contribution in [3.05, 3.63) is 46.7 Å². The molecule has 0 saturated heterocycles. The fourth-order valence-electron chi connectivity index (χ4n) is 1.99. The Morgan fingerprint density at radius 2 is 2.26 bits per heavy atom. The summed E-state index contributed by atoms with van der Waals surface area (Å²) in [5.41, 5.74) is 4.65. The Labute approximate surface area is 117 Å². The molecule has 0 bridgehead atoms. The highest BCUT2D eigenvalue weighted by Crippen LogP contribution is 2.27. The molecule has 102 valence electrons. The normalized spacial score (nSPS) is 12.4. The van der Waals surface area contributed by atoms with Gasteiger partial charge in [-0.05, 0) is 36.2 Å². The first kappa shape index (κ1) is 13.9. The SMILES string of the molecule is COc1ccc(Cl)cc1CC(NN)c1ccn(C)n1. The van der Waals surface area contributed by atoms with Gasteiger partial charge in [-0.15, -0.1) is 0 Å². The third-order valence-electron chi connectivity index (χ3n) is 2.96. The lowest BCUT2D eigenvalue weighted by Crippen LogP contribution is -2.30. The highest BCUT2D eigenvalue weighted by atomic mass is 35.5. The zero-order chi connectivity index (χ0) is 13.8. The molecule has 19 heavy (non-hydrogen) atoms. The Morgan fingerprint density at radius 1 is 1.47 bits per heavy atom. The highest BCUT2D eigenvalue weighted by molar-refractivity contribution is 6.30. The van der Waals surface area contributed by atoms with Gasteiger partial charge in [0.1, 0.15) is 5.75 Å². The smallest absolute Gasteiger partial charge is 0.122 e. The quantitative estimate of drug-likeness (QED) is 0.648. The van der Waals surface area contributed by atoms with Crippen LogP contribution in [-0.2, 0) is 13.5 Å². The Morgan fingerprint density at radius 3 is 2.84 bits per heavy atom. The van der Waals surface area contributed by atoms with Crippen LogP contribution in [0, 0.1) is 0 Å². The maximum absolute atomic E-state index is 6.02. The van der Waals surface area contributed by atoms with E-state index >= 15 is 0 Å². The summed E-state index contributed by atoms with van der Waals surface area (Å²) in [6, 6.07) is 7.38. The summed E-state index contributed by atoms with van der Waals surface area (Å²) in [6.45, 7) is 0. The molecule has 1 aromatic carbocycles. The van der Waals surface area contributed by atoms with Crippen LogP contribution in [0.3, 0.4) is 0 Å². The number of nitrogens with zero attached hydrogens (tertiary/aromatic N) is 2. The number of nitrogens with two attached hydrogens (primary N) is 1. The second-order valence-corrected chi connectivity index (χ2v) is 4.73. The van der Waals surface area contributed by atoms with Crippen LogP contribution in [0.25, 0.3) is 0 Å². The average Bonchev–Trinajstić information content (AvgIpc) is 2.82. The van der Waals surface area contributed by atoms with Crippen molar-refractivity contribution < 1.29 is 4.74 Å². The van der Waals surface area contributed by atoms with Crippen molar-refractivity contribution >= 4 is 11.6 Å². The van der Waals surface area contributed by atoms with Crippen molar-refractivity contribution in [1.82, 2.24) is 15.2 Å². The van der Waals surface area contributed by atoms with Crippen molar-refractivity contribution in [2.24, 2.45) is 12.9 Å². The summed E-state index contributed by atoms with van der Waals surface area (Å²) in [5, 5.41) is 5.03. The number of halogens is 1. The van der Waals surface area contributed by atoms with Gasteiger partial charge >= 0.3 is 0 Å². The lowest BCUT2D eigenvalue weighted by molar-refractivity contribution is 0.405. The Kier molecular flexibility index (Phi) is 4.42. The summed E-state index contributed by atoms with van der Waals surface area (Å²) in [6.07, 6.45) is 2.53. The number of hydrogen-bond acceptors (Lipinski definition) is 4. The molecular weight excluding hydrogens is 264 g/mol. The van der Waals surface area contributed by atoms with Gasteiger partial charge in [-0.25, -0.2) is 0 Å². The van der Waals surface area contributed by atoms with E-state index in [9.17, 15) is 0 Å². The van der Waals surface area contributed by atoms with Crippen LogP contribution in [0.4, 0.5) is 0 Å². The number of benzene rings is 1. The number of rotatable bonds is 5. The molecule has 1 unspecified atom stereocenters. The summed E-state index contributed by atoms with van der Waals surface area (Å²) in [7, 11) is 3.51. The minimum Gasteiger partial charge on any atom is -0.496 e. The lowest BCUT2D eigenvalue weighted by atomic mass is 10.0. The van der Waals surface area contributed by atoms with E-state index in [0.717, 1.165) is 17.0 Å². The summed E-state index contributed by atoms with van der Waals surface area (Å²) < 4.78 is 7.08. The van der Waals surface area contributed by atoms with Crippen LogP contribution in [0.5, 0.6) is 5.75 Å². The third-order valence-corrected chi connectivity index (χ3v) is 3.19. The Hall–Kier alpha value is -1.56. The number of ether oxygens (including phenoxy) is 1. The first-order chi connectivity index (χ1) is 9.13. The molecule has 0 aliphatic carbocycles. The molecule has 5 nitrogen and oxygen atoms in total. The maximum atomic E-state index is 6.02. The van der Waals surface area contributed by atoms with Crippen LogP contribution >= 0.6 is 11.6 Å². The van der Waals surface area contributed by atoms with Crippen LogP contribution in [-0.4, -0.2) is 16.9 Å². The van der Waals surface area contributed by atoms with Gasteiger partial charge < -0.3 is 4.74 Å². The second-order valence-electron chi connectivity index (χ2n) is 4.29. The van der Waals surface area contributed by atoms with Crippen LogP contribution in [0.15, 0.2) is 30.5 Å². The molecule has 1 heterocycles. The highest BCUT2D eigenvalue weighted by Gasteiger charge is 2.16. The molecule has 1 atom stereocenters. The molecule has 2 rings (SSSR count). The van der Waals surface area contributed by atoms with Crippen molar-refractivity contribution in [1.29, 1.82) is 0 Å². The molecule has 3 N–H and O–H groups in total. The van der Waals surface area contributed by atoms with Crippen LogP contribution in [0.1, 0.15) is 17.3 Å². The summed E-state index contributed by atoms with van der Waals surface area (Å²) >= 11 is 6.02. The topological polar surface area (TPSA) is 65.1 Å². The number of methoxy groups -OCH3 is 1. The van der Waals surface area contributed by atoms with Gasteiger partial charge in [0, 0.05) is 18.3 Å². The molecule has 2 aromatic rings. The molecular formula is C13H17ClN4O. The lowest BCUT2D eigenvalue weighted by Gasteiger charge is -2.16. The van der Waals surface area contributed by atoms with E-state index in [1.54, 1.807) is 17.9 Å². The second kappa shape index (κ2) is 6.06. The monoisotopic (exact) mass is 280 g/mol. The molecule has 0 saturated carbocycles. The van der Waals surface area contributed by atoms with Crippen LogP contribution < -0.4 is 16.0 Å².